The fraction of sp³-hybridized carbons (Fsp3) is 0.321. The van der Waals surface area contributed by atoms with Gasteiger partial charge in [0.05, 0.1) is 0 Å². The van der Waals surface area contributed by atoms with E-state index in [0.29, 0.717) is 13.0 Å². The number of rotatable bonds is 9. The second kappa shape index (κ2) is 11.3. The van der Waals surface area contributed by atoms with Crippen LogP contribution in [0.5, 0.6) is 5.75 Å². The first-order valence-corrected chi connectivity index (χ1v) is 12.0. The molecule has 0 aliphatic carbocycles. The van der Waals surface area contributed by atoms with Crippen LogP contribution in [0.3, 0.4) is 0 Å². The summed E-state index contributed by atoms with van der Waals surface area (Å²) in [6.45, 7) is 8.77. The van der Waals surface area contributed by atoms with E-state index in [-0.39, 0.29) is 23.9 Å². The summed E-state index contributed by atoms with van der Waals surface area (Å²) in [5.41, 5.74) is 3.23. The van der Waals surface area contributed by atoms with Gasteiger partial charge in [0.25, 0.3) is 0 Å². The first-order chi connectivity index (χ1) is 15.4. The number of carbonyl (C=O) groups is 1. The number of hydrogen-bond acceptors (Lipinski definition) is 2. The van der Waals surface area contributed by atoms with Gasteiger partial charge in [-0.15, -0.1) is 0 Å². The average Bonchev–Trinajstić information content (AvgIpc) is 2.77. The smallest absolute Gasteiger partial charge is 0.223 e. The topological polar surface area (TPSA) is 29.5 Å². The maximum absolute atomic E-state index is 13.4. The highest BCUT2D eigenvalue weighted by molar-refractivity contribution is 9.10. The van der Waals surface area contributed by atoms with Crippen molar-refractivity contribution in [1.29, 1.82) is 0 Å². The molecule has 32 heavy (non-hydrogen) atoms. The summed E-state index contributed by atoms with van der Waals surface area (Å²) in [5.74, 6) is 0.851. The molecule has 3 aromatic carbocycles. The van der Waals surface area contributed by atoms with Crippen LogP contribution in [0.1, 0.15) is 56.7 Å². The van der Waals surface area contributed by atoms with E-state index in [1.54, 1.807) is 0 Å². The number of benzene rings is 3. The van der Waals surface area contributed by atoms with Crippen LogP contribution < -0.4 is 4.74 Å². The van der Waals surface area contributed by atoms with E-state index in [2.05, 4.69) is 74.0 Å². The third kappa shape index (κ3) is 6.23. The Kier molecular flexibility index (Phi) is 8.52. The van der Waals surface area contributed by atoms with E-state index in [4.69, 9.17) is 4.74 Å². The van der Waals surface area contributed by atoms with Gasteiger partial charge in [-0.05, 0) is 57.0 Å². The number of carbonyl (C=O) groups excluding carboxylic acids is 1. The van der Waals surface area contributed by atoms with Crippen LogP contribution in [0, 0.1) is 0 Å². The Hall–Kier alpha value is -2.59. The van der Waals surface area contributed by atoms with E-state index in [1.165, 1.54) is 0 Å². The number of amides is 1. The fourth-order valence-corrected chi connectivity index (χ4v) is 4.58. The Bertz CT molecular complexity index is 994. The zero-order chi connectivity index (χ0) is 23.1. The van der Waals surface area contributed by atoms with Gasteiger partial charge in [0.2, 0.25) is 5.91 Å². The predicted molar refractivity (Wildman–Crippen MR) is 135 cm³/mol. The Balaban J connectivity index is 1.97. The molecule has 0 unspecified atom stereocenters. The quantitative estimate of drug-likeness (QED) is 0.315. The lowest BCUT2D eigenvalue weighted by Crippen LogP contribution is -2.42. The largest absolute Gasteiger partial charge is 0.489 e. The first-order valence-electron chi connectivity index (χ1n) is 11.2. The van der Waals surface area contributed by atoms with Gasteiger partial charge in [-0.3, -0.25) is 4.79 Å². The van der Waals surface area contributed by atoms with Crippen molar-refractivity contribution in [1.82, 2.24) is 4.90 Å². The van der Waals surface area contributed by atoms with E-state index in [0.717, 1.165) is 26.9 Å². The van der Waals surface area contributed by atoms with Crippen LogP contribution in [-0.4, -0.2) is 22.9 Å². The van der Waals surface area contributed by atoms with E-state index in [9.17, 15) is 4.79 Å². The lowest BCUT2D eigenvalue weighted by Gasteiger charge is -2.32. The molecule has 0 heterocycles. The Morgan fingerprint density at radius 1 is 0.875 bits per heavy atom. The monoisotopic (exact) mass is 493 g/mol. The summed E-state index contributed by atoms with van der Waals surface area (Å²) in [6, 6.07) is 26.7. The van der Waals surface area contributed by atoms with Crippen molar-refractivity contribution in [3.63, 3.8) is 0 Å². The van der Waals surface area contributed by atoms with Gasteiger partial charge in [0.15, 0.2) is 0 Å². The molecule has 0 N–H and O–H groups in total. The molecule has 1 atom stereocenters. The fourth-order valence-electron chi connectivity index (χ4n) is 4.20. The lowest BCUT2D eigenvalue weighted by molar-refractivity contribution is -0.135. The Labute approximate surface area is 200 Å². The van der Waals surface area contributed by atoms with Crippen molar-refractivity contribution in [2.75, 3.05) is 0 Å². The second-order valence-corrected chi connectivity index (χ2v) is 9.53. The summed E-state index contributed by atoms with van der Waals surface area (Å²) >= 11 is 3.62. The molecular formula is C28H32BrNO2. The van der Waals surface area contributed by atoms with Crippen molar-refractivity contribution in [3.8, 4) is 5.75 Å². The molecule has 0 saturated heterocycles. The summed E-state index contributed by atoms with van der Waals surface area (Å²) in [5, 5.41) is 0. The molecule has 3 aromatic rings. The summed E-state index contributed by atoms with van der Waals surface area (Å²) < 4.78 is 7.24. The van der Waals surface area contributed by atoms with Crippen LogP contribution in [0.4, 0.5) is 0 Å². The van der Waals surface area contributed by atoms with Crippen LogP contribution >= 0.6 is 15.9 Å². The number of ether oxygens (including phenoxy) is 1. The molecule has 0 fully saturated rings. The molecule has 0 saturated carbocycles. The van der Waals surface area contributed by atoms with Gasteiger partial charge in [-0.1, -0.05) is 76.6 Å². The van der Waals surface area contributed by atoms with E-state index >= 15 is 0 Å². The highest BCUT2D eigenvalue weighted by atomic mass is 79.9. The molecule has 3 nitrogen and oxygen atoms in total. The zero-order valence-electron chi connectivity index (χ0n) is 19.3. The van der Waals surface area contributed by atoms with Gasteiger partial charge < -0.3 is 9.64 Å². The highest BCUT2D eigenvalue weighted by Crippen LogP contribution is 2.37. The number of nitrogens with zero attached hydrogens (tertiary/aromatic N) is 1. The van der Waals surface area contributed by atoms with E-state index < -0.39 is 0 Å². The van der Waals surface area contributed by atoms with Crippen molar-refractivity contribution in [3.05, 3.63) is 100 Å². The summed E-state index contributed by atoms with van der Waals surface area (Å²) in [6.07, 6.45) is 0.387. The average molecular weight is 494 g/mol. The molecule has 0 aliphatic rings. The number of hydrogen-bond donors (Lipinski definition) is 0. The molecule has 0 aliphatic heterocycles. The highest BCUT2D eigenvalue weighted by Gasteiger charge is 2.27. The van der Waals surface area contributed by atoms with Crippen LogP contribution in [0.15, 0.2) is 83.3 Å². The second-order valence-electron chi connectivity index (χ2n) is 8.61. The molecule has 3 rings (SSSR count). The maximum Gasteiger partial charge on any atom is 0.223 e. The molecule has 168 valence electrons. The predicted octanol–water partition coefficient (Wildman–Crippen LogP) is 7.20. The first kappa shape index (κ1) is 24.1. The molecule has 0 spiro atoms. The Morgan fingerprint density at radius 2 is 1.47 bits per heavy atom. The van der Waals surface area contributed by atoms with Crippen molar-refractivity contribution in [2.24, 2.45) is 0 Å². The normalized spacial score (nSPS) is 12.1. The van der Waals surface area contributed by atoms with Crippen LogP contribution in [-0.2, 0) is 11.4 Å². The molecular weight excluding hydrogens is 462 g/mol. The van der Waals surface area contributed by atoms with Gasteiger partial charge in [-0.2, -0.15) is 0 Å². The maximum atomic E-state index is 13.4. The third-order valence-corrected chi connectivity index (χ3v) is 6.06. The minimum Gasteiger partial charge on any atom is -0.489 e. The number of halogens is 1. The minimum atomic E-state index is -0.105. The molecule has 0 bridgehead atoms. The van der Waals surface area contributed by atoms with Crippen LogP contribution in [0.2, 0.25) is 0 Å². The molecule has 0 aromatic heterocycles. The third-order valence-electron chi connectivity index (χ3n) is 5.57. The van der Waals surface area contributed by atoms with Gasteiger partial charge >= 0.3 is 0 Å². The summed E-state index contributed by atoms with van der Waals surface area (Å²) in [4.78, 5) is 15.4. The van der Waals surface area contributed by atoms with E-state index in [1.807, 2.05) is 53.4 Å². The SMILES string of the molecule is CC(C)N(C(=O)C[C@@H](c1ccccc1)c1cc(Br)ccc1OCc1ccccc1)C(C)C. The molecule has 4 heteroatoms. The molecule has 0 radical (unpaired) electrons. The zero-order valence-corrected chi connectivity index (χ0v) is 20.9. The lowest BCUT2D eigenvalue weighted by atomic mass is 9.87. The van der Waals surface area contributed by atoms with Crippen molar-refractivity contribution >= 4 is 21.8 Å². The standard InChI is InChI=1S/C28H32BrNO2/c1-20(2)30(21(3)4)28(31)18-25(23-13-9-6-10-14-23)26-17-24(29)15-16-27(26)32-19-22-11-7-5-8-12-22/h5-17,20-21,25H,18-19H2,1-4H3/t25-/m0/s1. The Morgan fingerprint density at radius 3 is 2.06 bits per heavy atom. The van der Waals surface area contributed by atoms with Gasteiger partial charge in [0, 0.05) is 34.5 Å². The van der Waals surface area contributed by atoms with Gasteiger partial charge in [-0.25, -0.2) is 0 Å². The van der Waals surface area contributed by atoms with Crippen molar-refractivity contribution < 1.29 is 9.53 Å². The van der Waals surface area contributed by atoms with Crippen LogP contribution in [0.25, 0.3) is 0 Å². The minimum absolute atomic E-state index is 0.105. The molecule has 1 amide bonds. The van der Waals surface area contributed by atoms with Crippen molar-refractivity contribution in [2.45, 2.75) is 58.7 Å². The van der Waals surface area contributed by atoms with Gasteiger partial charge in [0.1, 0.15) is 12.4 Å². The summed E-state index contributed by atoms with van der Waals surface area (Å²) in [7, 11) is 0.